The van der Waals surface area contributed by atoms with E-state index in [-0.39, 0.29) is 5.54 Å². The number of rotatable bonds is 5. The van der Waals surface area contributed by atoms with Gasteiger partial charge in [0.15, 0.2) is 0 Å². The first kappa shape index (κ1) is 15.2. The van der Waals surface area contributed by atoms with Crippen LogP contribution in [0.25, 0.3) is 0 Å². The van der Waals surface area contributed by atoms with Gasteiger partial charge in [0.2, 0.25) is 0 Å². The van der Waals surface area contributed by atoms with Crippen molar-refractivity contribution in [2.45, 2.75) is 18.9 Å². The molecule has 1 atom stereocenters. The molecule has 4 heteroatoms. The third kappa shape index (κ3) is 4.14. The summed E-state index contributed by atoms with van der Waals surface area (Å²) in [6, 6.07) is 15.5. The Bertz CT molecular complexity index is 569. The monoisotopic (exact) mass is 308 g/mol. The normalized spacial score (nSPS) is 13.8. The number of benzene rings is 2. The molecule has 20 heavy (non-hydrogen) atoms. The second-order valence-corrected chi connectivity index (χ2v) is 6.08. The lowest BCUT2D eigenvalue weighted by atomic mass is 9.92. The summed E-state index contributed by atoms with van der Waals surface area (Å²) in [4.78, 5) is 0. The molecule has 0 radical (unpaired) electrons. The van der Waals surface area contributed by atoms with E-state index in [1.54, 1.807) is 0 Å². The predicted octanol–water partition coefficient (Wildman–Crippen LogP) is 4.37. The highest BCUT2D eigenvalue weighted by molar-refractivity contribution is 6.31. The lowest BCUT2D eigenvalue weighted by Crippen LogP contribution is -2.44. The van der Waals surface area contributed by atoms with Crippen molar-refractivity contribution < 1.29 is 0 Å². The summed E-state index contributed by atoms with van der Waals surface area (Å²) < 4.78 is 0. The average Bonchev–Trinajstić information content (AvgIpc) is 2.41. The maximum atomic E-state index is 6.01. The second-order valence-electron chi connectivity index (χ2n) is 5.20. The number of nitrogens with two attached hydrogens (primary N) is 1. The molecule has 0 aliphatic carbocycles. The van der Waals surface area contributed by atoms with Gasteiger partial charge in [0, 0.05) is 22.3 Å². The first-order valence-corrected chi connectivity index (χ1v) is 7.25. The van der Waals surface area contributed by atoms with Crippen LogP contribution in [0, 0.1) is 0 Å². The van der Waals surface area contributed by atoms with Gasteiger partial charge in [-0.2, -0.15) is 0 Å². The van der Waals surface area contributed by atoms with Crippen LogP contribution in [0.15, 0.2) is 48.5 Å². The topological polar surface area (TPSA) is 38.0 Å². The van der Waals surface area contributed by atoms with Gasteiger partial charge in [0.25, 0.3) is 0 Å². The zero-order valence-corrected chi connectivity index (χ0v) is 12.9. The van der Waals surface area contributed by atoms with E-state index in [2.05, 4.69) is 12.2 Å². The van der Waals surface area contributed by atoms with Crippen LogP contribution in [-0.2, 0) is 6.42 Å². The van der Waals surface area contributed by atoms with E-state index >= 15 is 0 Å². The number of halogens is 2. The van der Waals surface area contributed by atoms with E-state index in [0.29, 0.717) is 11.6 Å². The van der Waals surface area contributed by atoms with Crippen molar-refractivity contribution in [3.8, 4) is 0 Å². The summed E-state index contributed by atoms with van der Waals surface area (Å²) in [6.45, 7) is 2.62. The van der Waals surface area contributed by atoms with Crippen LogP contribution in [-0.4, -0.2) is 12.1 Å². The Balaban J connectivity index is 2.14. The van der Waals surface area contributed by atoms with E-state index in [4.69, 9.17) is 28.9 Å². The zero-order valence-electron chi connectivity index (χ0n) is 11.4. The summed E-state index contributed by atoms with van der Waals surface area (Å²) >= 11 is 11.9. The standard InChI is InChI=1S/C16H18Cl2N2/c1-16(11-19,10-12-5-7-13(17)8-6-12)20-15-4-2-3-14(18)9-15/h2-9,20H,10-11,19H2,1H3. The van der Waals surface area contributed by atoms with Crippen LogP contribution >= 0.6 is 23.2 Å². The van der Waals surface area contributed by atoms with Crippen molar-refractivity contribution in [3.05, 3.63) is 64.1 Å². The van der Waals surface area contributed by atoms with Gasteiger partial charge >= 0.3 is 0 Å². The first-order valence-electron chi connectivity index (χ1n) is 6.49. The summed E-state index contributed by atoms with van der Waals surface area (Å²) in [7, 11) is 0. The number of nitrogens with one attached hydrogen (secondary N) is 1. The van der Waals surface area contributed by atoms with Crippen LogP contribution in [0.5, 0.6) is 0 Å². The van der Waals surface area contributed by atoms with Crippen LogP contribution in [0.3, 0.4) is 0 Å². The number of anilines is 1. The molecule has 0 bridgehead atoms. The molecule has 0 spiro atoms. The molecule has 3 N–H and O–H groups in total. The predicted molar refractivity (Wildman–Crippen MR) is 87.7 cm³/mol. The second kappa shape index (κ2) is 6.49. The SMILES string of the molecule is CC(CN)(Cc1ccc(Cl)cc1)Nc1cccc(Cl)c1. The van der Waals surface area contributed by atoms with Gasteiger partial charge in [0.05, 0.1) is 5.54 Å². The lowest BCUT2D eigenvalue weighted by Gasteiger charge is -2.31. The Morgan fingerprint density at radius 2 is 1.75 bits per heavy atom. The molecule has 2 aromatic carbocycles. The third-order valence-electron chi connectivity index (χ3n) is 3.23. The largest absolute Gasteiger partial charge is 0.378 e. The number of hydrogen-bond donors (Lipinski definition) is 2. The molecule has 2 rings (SSSR count). The summed E-state index contributed by atoms with van der Waals surface area (Å²) in [5.41, 5.74) is 7.87. The minimum atomic E-state index is -0.238. The Kier molecular flexibility index (Phi) is 4.92. The molecule has 0 saturated heterocycles. The molecule has 0 fully saturated rings. The molecule has 1 unspecified atom stereocenters. The molecular weight excluding hydrogens is 291 g/mol. The Morgan fingerprint density at radius 3 is 2.35 bits per heavy atom. The Hall–Kier alpha value is -1.22. The minimum Gasteiger partial charge on any atom is -0.378 e. The highest BCUT2D eigenvalue weighted by Gasteiger charge is 2.22. The highest BCUT2D eigenvalue weighted by atomic mass is 35.5. The fourth-order valence-corrected chi connectivity index (χ4v) is 2.45. The van der Waals surface area contributed by atoms with Crippen molar-refractivity contribution in [2.24, 2.45) is 5.73 Å². The van der Waals surface area contributed by atoms with E-state index in [0.717, 1.165) is 17.1 Å². The van der Waals surface area contributed by atoms with Crippen LogP contribution in [0.4, 0.5) is 5.69 Å². The van der Waals surface area contributed by atoms with Crippen LogP contribution < -0.4 is 11.1 Å². The van der Waals surface area contributed by atoms with Crippen molar-refractivity contribution >= 4 is 28.9 Å². The fourth-order valence-electron chi connectivity index (χ4n) is 2.13. The van der Waals surface area contributed by atoms with Crippen LogP contribution in [0.2, 0.25) is 10.0 Å². The first-order chi connectivity index (χ1) is 9.50. The molecule has 0 heterocycles. The van der Waals surface area contributed by atoms with Crippen molar-refractivity contribution in [2.75, 3.05) is 11.9 Å². The van der Waals surface area contributed by atoms with Gasteiger partial charge in [-0.3, -0.25) is 0 Å². The quantitative estimate of drug-likeness (QED) is 0.861. The number of hydrogen-bond acceptors (Lipinski definition) is 2. The molecule has 106 valence electrons. The smallest absolute Gasteiger partial charge is 0.0507 e. The fraction of sp³-hybridized carbons (Fsp3) is 0.250. The van der Waals surface area contributed by atoms with Gasteiger partial charge in [-0.1, -0.05) is 41.4 Å². The lowest BCUT2D eigenvalue weighted by molar-refractivity contribution is 0.521. The minimum absolute atomic E-state index is 0.238. The van der Waals surface area contributed by atoms with Crippen molar-refractivity contribution in [1.82, 2.24) is 0 Å². The molecule has 2 nitrogen and oxygen atoms in total. The Labute approximate surface area is 129 Å². The van der Waals surface area contributed by atoms with E-state index in [1.165, 1.54) is 5.56 Å². The van der Waals surface area contributed by atoms with E-state index < -0.39 is 0 Å². The Morgan fingerprint density at radius 1 is 1.05 bits per heavy atom. The molecule has 0 aliphatic rings. The molecule has 0 aromatic heterocycles. The maximum absolute atomic E-state index is 6.01. The summed E-state index contributed by atoms with van der Waals surface area (Å²) in [5, 5.41) is 4.92. The summed E-state index contributed by atoms with van der Waals surface area (Å²) in [6.07, 6.45) is 0.813. The van der Waals surface area contributed by atoms with Gasteiger partial charge in [0.1, 0.15) is 0 Å². The van der Waals surface area contributed by atoms with Gasteiger partial charge in [-0.15, -0.1) is 0 Å². The third-order valence-corrected chi connectivity index (χ3v) is 3.72. The van der Waals surface area contributed by atoms with Crippen LogP contribution in [0.1, 0.15) is 12.5 Å². The van der Waals surface area contributed by atoms with E-state index in [1.807, 2.05) is 48.5 Å². The highest BCUT2D eigenvalue weighted by Crippen LogP contribution is 2.22. The molecular formula is C16H18Cl2N2. The van der Waals surface area contributed by atoms with Crippen molar-refractivity contribution in [1.29, 1.82) is 0 Å². The zero-order chi connectivity index (χ0) is 14.6. The maximum Gasteiger partial charge on any atom is 0.0507 e. The molecule has 0 aliphatic heterocycles. The van der Waals surface area contributed by atoms with Gasteiger partial charge in [-0.05, 0) is 49.2 Å². The summed E-state index contributed by atoms with van der Waals surface area (Å²) in [5.74, 6) is 0. The molecule has 0 amide bonds. The van der Waals surface area contributed by atoms with Crippen molar-refractivity contribution in [3.63, 3.8) is 0 Å². The average molecular weight is 309 g/mol. The molecule has 2 aromatic rings. The van der Waals surface area contributed by atoms with E-state index in [9.17, 15) is 0 Å². The molecule has 0 saturated carbocycles. The van der Waals surface area contributed by atoms with Gasteiger partial charge in [-0.25, -0.2) is 0 Å². The van der Waals surface area contributed by atoms with Gasteiger partial charge < -0.3 is 11.1 Å².